The van der Waals surface area contributed by atoms with Gasteiger partial charge in [0.15, 0.2) is 5.13 Å². The van der Waals surface area contributed by atoms with Crippen LogP contribution in [0.3, 0.4) is 0 Å². The van der Waals surface area contributed by atoms with Crippen molar-refractivity contribution in [1.82, 2.24) is 9.97 Å². The Morgan fingerprint density at radius 1 is 1.52 bits per heavy atom. The summed E-state index contributed by atoms with van der Waals surface area (Å²) in [5, 5.41) is 3.57. The van der Waals surface area contributed by atoms with E-state index in [4.69, 9.17) is 5.73 Å². The molecule has 0 bridgehead atoms. The zero-order valence-electron chi connectivity index (χ0n) is 12.4. The summed E-state index contributed by atoms with van der Waals surface area (Å²) in [5.74, 6) is 0.00856. The zero-order chi connectivity index (χ0) is 15.4. The number of aryl methyl sites for hydroxylation is 1. The molecule has 2 aromatic rings. The van der Waals surface area contributed by atoms with Crippen molar-refractivity contribution in [1.29, 1.82) is 0 Å². The molecule has 21 heavy (non-hydrogen) atoms. The lowest BCUT2D eigenvalue weighted by Crippen LogP contribution is -2.17. The third kappa shape index (κ3) is 3.49. The first-order chi connectivity index (χ1) is 10.0. The van der Waals surface area contributed by atoms with Crippen LogP contribution in [0.2, 0.25) is 0 Å². The van der Waals surface area contributed by atoms with Crippen LogP contribution in [0.1, 0.15) is 28.7 Å². The van der Waals surface area contributed by atoms with Crippen molar-refractivity contribution in [2.24, 2.45) is 0 Å². The van der Waals surface area contributed by atoms with Crippen molar-refractivity contribution in [3.8, 4) is 0 Å². The fraction of sp³-hybridized carbons (Fsp3) is 0.357. The molecule has 0 saturated heterocycles. The van der Waals surface area contributed by atoms with Crippen LogP contribution in [-0.4, -0.2) is 29.5 Å². The SMILES string of the molecule is CCCN(C)c1nc(N)c(C(=O)Nc2cccnc2C)s1. The van der Waals surface area contributed by atoms with Gasteiger partial charge >= 0.3 is 0 Å². The number of carbonyl (C=O) groups is 1. The second-order valence-electron chi connectivity index (χ2n) is 4.72. The third-order valence-corrected chi connectivity index (χ3v) is 4.17. The quantitative estimate of drug-likeness (QED) is 0.886. The van der Waals surface area contributed by atoms with E-state index in [1.807, 2.05) is 24.9 Å². The average molecular weight is 305 g/mol. The van der Waals surface area contributed by atoms with E-state index in [2.05, 4.69) is 22.2 Å². The Labute approximate surface area is 128 Å². The number of nitrogens with one attached hydrogen (secondary N) is 1. The molecule has 1 amide bonds. The summed E-state index contributed by atoms with van der Waals surface area (Å²) in [4.78, 5) is 23.1. The first-order valence-corrected chi connectivity index (χ1v) is 7.55. The highest BCUT2D eigenvalue weighted by Gasteiger charge is 2.18. The minimum absolute atomic E-state index is 0.253. The van der Waals surface area contributed by atoms with Gasteiger partial charge in [-0.25, -0.2) is 4.98 Å². The van der Waals surface area contributed by atoms with Crippen LogP contribution in [0.15, 0.2) is 18.3 Å². The molecule has 0 atom stereocenters. The van der Waals surface area contributed by atoms with Gasteiger partial charge in [-0.05, 0) is 25.5 Å². The van der Waals surface area contributed by atoms with Gasteiger partial charge in [-0.3, -0.25) is 9.78 Å². The summed E-state index contributed by atoms with van der Waals surface area (Å²) in [6.45, 7) is 4.80. The van der Waals surface area contributed by atoms with E-state index in [-0.39, 0.29) is 11.7 Å². The van der Waals surface area contributed by atoms with Crippen LogP contribution in [0, 0.1) is 6.92 Å². The van der Waals surface area contributed by atoms with Crippen LogP contribution in [0.4, 0.5) is 16.6 Å². The summed E-state index contributed by atoms with van der Waals surface area (Å²) in [6, 6.07) is 3.58. The average Bonchev–Trinajstić information content (AvgIpc) is 2.84. The first kappa shape index (κ1) is 15.2. The van der Waals surface area contributed by atoms with Gasteiger partial charge in [-0.1, -0.05) is 18.3 Å². The van der Waals surface area contributed by atoms with Gasteiger partial charge in [0, 0.05) is 19.8 Å². The Balaban J connectivity index is 2.18. The van der Waals surface area contributed by atoms with Gasteiger partial charge < -0.3 is 16.0 Å². The maximum Gasteiger partial charge on any atom is 0.269 e. The molecule has 0 unspecified atom stereocenters. The van der Waals surface area contributed by atoms with Crippen LogP contribution in [0.25, 0.3) is 0 Å². The smallest absolute Gasteiger partial charge is 0.269 e. The maximum atomic E-state index is 12.3. The Bertz CT molecular complexity index is 640. The molecule has 2 rings (SSSR count). The summed E-state index contributed by atoms with van der Waals surface area (Å²) in [5.41, 5.74) is 7.30. The van der Waals surface area contributed by atoms with Crippen molar-refractivity contribution >= 4 is 33.9 Å². The molecule has 2 aromatic heterocycles. The molecule has 0 aromatic carbocycles. The lowest BCUT2D eigenvalue weighted by molar-refractivity contribution is 0.103. The number of nitrogen functional groups attached to an aromatic ring is 1. The Kier molecular flexibility index (Phi) is 4.74. The number of carbonyl (C=O) groups excluding carboxylic acids is 1. The minimum atomic E-state index is -0.253. The lowest BCUT2D eigenvalue weighted by Gasteiger charge is -2.13. The number of aromatic nitrogens is 2. The van der Waals surface area contributed by atoms with E-state index in [0.29, 0.717) is 10.6 Å². The van der Waals surface area contributed by atoms with E-state index in [9.17, 15) is 4.79 Å². The number of nitrogens with zero attached hydrogens (tertiary/aromatic N) is 3. The van der Waals surface area contributed by atoms with Gasteiger partial charge in [0.05, 0.1) is 11.4 Å². The second kappa shape index (κ2) is 6.53. The molecular formula is C14H19N5OS. The predicted octanol–water partition coefficient (Wildman–Crippen LogP) is 2.53. The standard InChI is InChI=1S/C14H19N5OS/c1-4-8-19(3)14-18-12(15)11(21-14)13(20)17-10-6-5-7-16-9(10)2/h5-7H,4,8,15H2,1-3H3,(H,17,20). The molecule has 0 spiro atoms. The number of anilines is 3. The normalized spacial score (nSPS) is 10.4. The van der Waals surface area contributed by atoms with Gasteiger partial charge in [0.25, 0.3) is 5.91 Å². The highest BCUT2D eigenvalue weighted by atomic mass is 32.1. The molecule has 0 saturated carbocycles. The van der Waals surface area contributed by atoms with Crippen LogP contribution >= 0.6 is 11.3 Å². The highest BCUT2D eigenvalue weighted by molar-refractivity contribution is 7.18. The minimum Gasteiger partial charge on any atom is -0.382 e. The summed E-state index contributed by atoms with van der Waals surface area (Å²) in [7, 11) is 1.94. The highest BCUT2D eigenvalue weighted by Crippen LogP contribution is 2.28. The zero-order valence-corrected chi connectivity index (χ0v) is 13.2. The molecule has 0 fully saturated rings. The molecule has 0 aliphatic heterocycles. The molecule has 0 radical (unpaired) electrons. The van der Waals surface area contributed by atoms with Crippen molar-refractivity contribution in [3.63, 3.8) is 0 Å². The first-order valence-electron chi connectivity index (χ1n) is 6.73. The maximum absolute atomic E-state index is 12.3. The van der Waals surface area contributed by atoms with Gasteiger partial charge in [-0.2, -0.15) is 0 Å². The lowest BCUT2D eigenvalue weighted by atomic mass is 10.3. The molecule has 6 nitrogen and oxygen atoms in total. The molecular weight excluding hydrogens is 286 g/mol. The van der Waals surface area contributed by atoms with E-state index in [0.717, 1.165) is 23.8 Å². The number of amides is 1. The van der Waals surface area contributed by atoms with Gasteiger partial charge in [0.2, 0.25) is 0 Å². The number of nitrogens with two attached hydrogens (primary N) is 1. The van der Waals surface area contributed by atoms with Crippen molar-refractivity contribution < 1.29 is 4.79 Å². The number of hydrogen-bond donors (Lipinski definition) is 2. The Morgan fingerprint density at radius 3 is 2.95 bits per heavy atom. The summed E-state index contributed by atoms with van der Waals surface area (Å²) < 4.78 is 0. The largest absolute Gasteiger partial charge is 0.382 e. The molecule has 112 valence electrons. The fourth-order valence-corrected chi connectivity index (χ4v) is 2.74. The number of thiazole rings is 1. The van der Waals surface area contributed by atoms with Gasteiger partial charge in [0.1, 0.15) is 10.7 Å². The summed E-state index contributed by atoms with van der Waals surface area (Å²) >= 11 is 1.30. The van der Waals surface area contributed by atoms with Crippen molar-refractivity contribution in [2.45, 2.75) is 20.3 Å². The van der Waals surface area contributed by atoms with E-state index in [1.165, 1.54) is 11.3 Å². The third-order valence-electron chi connectivity index (χ3n) is 2.99. The molecule has 7 heteroatoms. The number of hydrogen-bond acceptors (Lipinski definition) is 6. The molecule has 0 aliphatic rings. The number of rotatable bonds is 5. The Hall–Kier alpha value is -2.15. The van der Waals surface area contributed by atoms with Crippen molar-refractivity contribution in [2.75, 3.05) is 29.5 Å². The van der Waals surface area contributed by atoms with E-state index < -0.39 is 0 Å². The van der Waals surface area contributed by atoms with Crippen LogP contribution in [0.5, 0.6) is 0 Å². The molecule has 0 aliphatic carbocycles. The fourth-order valence-electron chi connectivity index (χ4n) is 1.87. The second-order valence-corrected chi connectivity index (χ2v) is 5.70. The monoisotopic (exact) mass is 305 g/mol. The van der Waals surface area contributed by atoms with Crippen LogP contribution < -0.4 is 16.0 Å². The van der Waals surface area contributed by atoms with Gasteiger partial charge in [-0.15, -0.1) is 0 Å². The molecule has 2 heterocycles. The van der Waals surface area contributed by atoms with Crippen LogP contribution in [-0.2, 0) is 0 Å². The number of pyridine rings is 1. The van der Waals surface area contributed by atoms with Crippen molar-refractivity contribution in [3.05, 3.63) is 28.9 Å². The predicted molar refractivity (Wildman–Crippen MR) is 87.0 cm³/mol. The molecule has 3 N–H and O–H groups in total. The Morgan fingerprint density at radius 2 is 2.29 bits per heavy atom. The van der Waals surface area contributed by atoms with E-state index >= 15 is 0 Å². The summed E-state index contributed by atoms with van der Waals surface area (Å²) in [6.07, 6.45) is 2.69. The van der Waals surface area contributed by atoms with E-state index in [1.54, 1.807) is 12.3 Å². The topological polar surface area (TPSA) is 84.1 Å².